The number of nitrogens with zero attached hydrogens (tertiary/aromatic N) is 1. The molecular formula is C11H19N3O3S. The van der Waals surface area contributed by atoms with Gasteiger partial charge in [0.05, 0.1) is 12.3 Å². The van der Waals surface area contributed by atoms with Crippen LogP contribution in [0.3, 0.4) is 0 Å². The molecule has 0 unspecified atom stereocenters. The van der Waals surface area contributed by atoms with Crippen LogP contribution in [0.1, 0.15) is 0 Å². The summed E-state index contributed by atoms with van der Waals surface area (Å²) in [6, 6.07) is 6.60. The third-order valence-corrected chi connectivity index (χ3v) is 3.44. The van der Waals surface area contributed by atoms with E-state index in [1.165, 1.54) is 6.07 Å². The highest BCUT2D eigenvalue weighted by atomic mass is 32.2. The zero-order valence-electron chi connectivity index (χ0n) is 10.4. The lowest BCUT2D eigenvalue weighted by Gasteiger charge is -2.25. The highest BCUT2D eigenvalue weighted by Crippen LogP contribution is 2.23. The second kappa shape index (κ2) is 6.69. The van der Waals surface area contributed by atoms with Gasteiger partial charge in [0.1, 0.15) is 4.90 Å². The normalized spacial score (nSPS) is 11.5. The first kappa shape index (κ1) is 14.9. The molecule has 1 rings (SSSR count). The molecule has 0 amide bonds. The van der Waals surface area contributed by atoms with Gasteiger partial charge in [0.25, 0.3) is 0 Å². The van der Waals surface area contributed by atoms with E-state index in [-0.39, 0.29) is 4.90 Å². The van der Waals surface area contributed by atoms with Gasteiger partial charge in [-0.1, -0.05) is 12.1 Å². The van der Waals surface area contributed by atoms with Crippen LogP contribution >= 0.6 is 0 Å². The standard InChI is InChI=1S/C11H19N3O3S/c1-17-9-8-14(7-6-12)10-4-2-3-5-11(10)18(13,15)16/h2-5H,6-9,12H2,1H3,(H2,13,15,16). The van der Waals surface area contributed by atoms with Crippen LogP contribution in [0, 0.1) is 0 Å². The highest BCUT2D eigenvalue weighted by molar-refractivity contribution is 7.89. The van der Waals surface area contributed by atoms with Gasteiger partial charge in [0, 0.05) is 26.7 Å². The first-order valence-corrected chi connectivity index (χ1v) is 7.11. The lowest BCUT2D eigenvalue weighted by Crippen LogP contribution is -2.33. The number of primary sulfonamides is 1. The van der Waals surface area contributed by atoms with Crippen LogP contribution in [0.25, 0.3) is 0 Å². The van der Waals surface area contributed by atoms with Crippen LogP contribution in [-0.4, -0.2) is 41.8 Å². The molecule has 0 aliphatic heterocycles. The Labute approximate surface area is 108 Å². The number of methoxy groups -OCH3 is 1. The van der Waals surface area contributed by atoms with E-state index < -0.39 is 10.0 Å². The third-order valence-electron chi connectivity index (χ3n) is 2.48. The lowest BCUT2D eigenvalue weighted by atomic mass is 10.3. The Balaban J connectivity index is 3.11. The molecule has 0 spiro atoms. The second-order valence-electron chi connectivity index (χ2n) is 3.78. The number of benzene rings is 1. The van der Waals surface area contributed by atoms with E-state index >= 15 is 0 Å². The first-order valence-electron chi connectivity index (χ1n) is 5.56. The monoisotopic (exact) mass is 273 g/mol. The van der Waals surface area contributed by atoms with Crippen molar-refractivity contribution in [2.24, 2.45) is 10.9 Å². The summed E-state index contributed by atoms with van der Waals surface area (Å²) in [5.41, 5.74) is 6.09. The van der Waals surface area contributed by atoms with Crippen molar-refractivity contribution in [3.8, 4) is 0 Å². The van der Waals surface area contributed by atoms with Gasteiger partial charge in [-0.25, -0.2) is 13.6 Å². The number of sulfonamides is 1. The lowest BCUT2D eigenvalue weighted by molar-refractivity contribution is 0.205. The molecule has 7 heteroatoms. The van der Waals surface area contributed by atoms with Gasteiger partial charge in [-0.05, 0) is 12.1 Å². The fourth-order valence-corrected chi connectivity index (χ4v) is 2.43. The van der Waals surface area contributed by atoms with Crippen molar-refractivity contribution in [2.45, 2.75) is 4.90 Å². The predicted octanol–water partition coefficient (Wildman–Crippen LogP) is -0.254. The molecule has 0 bridgehead atoms. The van der Waals surface area contributed by atoms with Crippen molar-refractivity contribution in [2.75, 3.05) is 38.3 Å². The minimum absolute atomic E-state index is 0.106. The summed E-state index contributed by atoms with van der Waals surface area (Å²) in [6.45, 7) is 2.00. The van der Waals surface area contributed by atoms with Gasteiger partial charge in [-0.15, -0.1) is 0 Å². The zero-order chi connectivity index (χ0) is 13.6. The number of anilines is 1. The maximum atomic E-state index is 11.5. The Morgan fingerprint density at radius 3 is 2.50 bits per heavy atom. The largest absolute Gasteiger partial charge is 0.383 e. The number of rotatable bonds is 7. The maximum absolute atomic E-state index is 11.5. The van der Waals surface area contributed by atoms with E-state index in [0.717, 1.165) is 0 Å². The minimum Gasteiger partial charge on any atom is -0.383 e. The summed E-state index contributed by atoms with van der Waals surface area (Å²) in [5.74, 6) is 0. The number of ether oxygens (including phenoxy) is 1. The van der Waals surface area contributed by atoms with E-state index in [4.69, 9.17) is 15.6 Å². The van der Waals surface area contributed by atoms with Crippen LogP contribution < -0.4 is 15.8 Å². The fraction of sp³-hybridized carbons (Fsp3) is 0.455. The summed E-state index contributed by atoms with van der Waals surface area (Å²) in [6.07, 6.45) is 0. The van der Waals surface area contributed by atoms with Gasteiger partial charge in [0.2, 0.25) is 10.0 Å². The molecule has 1 aromatic rings. The van der Waals surface area contributed by atoms with Crippen molar-refractivity contribution < 1.29 is 13.2 Å². The zero-order valence-corrected chi connectivity index (χ0v) is 11.2. The van der Waals surface area contributed by atoms with Crippen molar-refractivity contribution in [1.29, 1.82) is 0 Å². The van der Waals surface area contributed by atoms with E-state index in [1.54, 1.807) is 25.3 Å². The third kappa shape index (κ3) is 3.95. The summed E-state index contributed by atoms with van der Waals surface area (Å²) in [4.78, 5) is 1.96. The summed E-state index contributed by atoms with van der Waals surface area (Å²) in [5, 5.41) is 5.20. The fourth-order valence-electron chi connectivity index (χ4n) is 1.67. The van der Waals surface area contributed by atoms with Crippen LogP contribution in [0.2, 0.25) is 0 Å². The smallest absolute Gasteiger partial charge is 0.240 e. The van der Waals surface area contributed by atoms with E-state index in [0.29, 0.717) is 31.9 Å². The van der Waals surface area contributed by atoms with Crippen LogP contribution in [0.4, 0.5) is 5.69 Å². The highest BCUT2D eigenvalue weighted by Gasteiger charge is 2.17. The van der Waals surface area contributed by atoms with E-state index in [2.05, 4.69) is 0 Å². The van der Waals surface area contributed by atoms with Crippen molar-refractivity contribution in [3.05, 3.63) is 24.3 Å². The van der Waals surface area contributed by atoms with Gasteiger partial charge in [-0.3, -0.25) is 0 Å². The molecule has 0 saturated heterocycles. The molecule has 4 N–H and O–H groups in total. The van der Waals surface area contributed by atoms with Crippen LogP contribution in [0.15, 0.2) is 29.2 Å². The number of para-hydroxylation sites is 1. The Bertz CT molecular complexity index is 476. The molecule has 0 aromatic heterocycles. The van der Waals surface area contributed by atoms with Gasteiger partial charge < -0.3 is 15.4 Å². The van der Waals surface area contributed by atoms with Crippen molar-refractivity contribution >= 4 is 15.7 Å². The van der Waals surface area contributed by atoms with Crippen LogP contribution in [-0.2, 0) is 14.8 Å². The van der Waals surface area contributed by atoms with Gasteiger partial charge in [0.15, 0.2) is 0 Å². The summed E-state index contributed by atoms with van der Waals surface area (Å²) < 4.78 is 28.1. The van der Waals surface area contributed by atoms with Crippen molar-refractivity contribution in [3.63, 3.8) is 0 Å². The molecule has 1 aromatic carbocycles. The Morgan fingerprint density at radius 2 is 1.94 bits per heavy atom. The average Bonchev–Trinajstić information content (AvgIpc) is 2.33. The Morgan fingerprint density at radius 1 is 1.28 bits per heavy atom. The Kier molecular flexibility index (Phi) is 5.54. The van der Waals surface area contributed by atoms with Gasteiger partial charge in [-0.2, -0.15) is 0 Å². The molecule has 0 aliphatic carbocycles. The maximum Gasteiger partial charge on any atom is 0.240 e. The molecule has 0 radical (unpaired) electrons. The molecule has 18 heavy (non-hydrogen) atoms. The molecule has 0 heterocycles. The molecule has 0 fully saturated rings. The molecule has 6 nitrogen and oxygen atoms in total. The Hall–Kier alpha value is -1.15. The van der Waals surface area contributed by atoms with Gasteiger partial charge >= 0.3 is 0 Å². The first-order chi connectivity index (χ1) is 8.50. The quantitative estimate of drug-likeness (QED) is 0.713. The molecule has 0 atom stereocenters. The van der Waals surface area contributed by atoms with Crippen LogP contribution in [0.5, 0.6) is 0 Å². The predicted molar refractivity (Wildman–Crippen MR) is 71.0 cm³/mol. The molecule has 0 saturated carbocycles. The summed E-state index contributed by atoms with van der Waals surface area (Å²) >= 11 is 0. The number of nitrogens with two attached hydrogens (primary N) is 2. The second-order valence-corrected chi connectivity index (χ2v) is 5.31. The van der Waals surface area contributed by atoms with E-state index in [1.807, 2.05) is 4.90 Å². The molecule has 0 aliphatic rings. The minimum atomic E-state index is -3.75. The molecule has 102 valence electrons. The summed E-state index contributed by atoms with van der Waals surface area (Å²) in [7, 11) is -2.16. The molecular weight excluding hydrogens is 254 g/mol. The van der Waals surface area contributed by atoms with E-state index in [9.17, 15) is 8.42 Å². The topological polar surface area (TPSA) is 98.7 Å². The average molecular weight is 273 g/mol. The number of hydrogen-bond donors (Lipinski definition) is 2. The SMILES string of the molecule is COCCN(CCN)c1ccccc1S(N)(=O)=O. The van der Waals surface area contributed by atoms with Crippen molar-refractivity contribution in [1.82, 2.24) is 0 Å². The number of hydrogen-bond acceptors (Lipinski definition) is 5.